The second-order valence-corrected chi connectivity index (χ2v) is 4.01. The van der Waals surface area contributed by atoms with Crippen molar-refractivity contribution in [3.8, 4) is 0 Å². The van der Waals surface area contributed by atoms with Crippen LogP contribution in [0.4, 0.5) is 0 Å². The first-order chi connectivity index (χ1) is 4.83. The van der Waals surface area contributed by atoms with Crippen LogP contribution in [0.1, 0.15) is 26.2 Å². The Kier molecular flexibility index (Phi) is 1.36. The Bertz CT molecular complexity index is 146. The van der Waals surface area contributed by atoms with Crippen LogP contribution in [0.3, 0.4) is 0 Å². The fraction of sp³-hybridized carbons (Fsp3) is 0.800. The van der Waals surface area contributed by atoms with Gasteiger partial charge in [0.05, 0.1) is 0 Å². The van der Waals surface area contributed by atoms with Crippen LogP contribution >= 0.6 is 0 Å². The van der Waals surface area contributed by atoms with Gasteiger partial charge in [0, 0.05) is 0 Å². The maximum absolute atomic E-state index is 3.91. The Labute approximate surface area is 63.3 Å². The van der Waals surface area contributed by atoms with Gasteiger partial charge in [-0.2, -0.15) is 0 Å². The summed E-state index contributed by atoms with van der Waals surface area (Å²) in [6.07, 6.45) is 6.66. The fourth-order valence-electron chi connectivity index (χ4n) is 3.03. The minimum Gasteiger partial charge on any atom is -0.103 e. The van der Waals surface area contributed by atoms with Crippen molar-refractivity contribution in [3.63, 3.8) is 0 Å². The molecule has 0 heteroatoms. The molecule has 2 rings (SSSR count). The molecule has 0 N–H and O–H groups in total. The van der Waals surface area contributed by atoms with Crippen LogP contribution in [0, 0.1) is 23.7 Å². The Hall–Kier alpha value is -0.260. The van der Waals surface area contributed by atoms with Gasteiger partial charge in [-0.25, -0.2) is 0 Å². The van der Waals surface area contributed by atoms with Crippen LogP contribution in [0.25, 0.3) is 0 Å². The van der Waals surface area contributed by atoms with E-state index in [2.05, 4.69) is 19.6 Å². The molecule has 0 aromatic heterocycles. The molecule has 0 radical (unpaired) electrons. The van der Waals surface area contributed by atoms with E-state index in [1.165, 1.54) is 19.3 Å². The van der Waals surface area contributed by atoms with Crippen LogP contribution in [0.2, 0.25) is 0 Å². The maximum atomic E-state index is 3.91. The van der Waals surface area contributed by atoms with Crippen molar-refractivity contribution in [1.29, 1.82) is 0 Å². The molecule has 56 valence electrons. The summed E-state index contributed by atoms with van der Waals surface area (Å²) in [4.78, 5) is 0. The van der Waals surface area contributed by atoms with Gasteiger partial charge in [0.1, 0.15) is 0 Å². The van der Waals surface area contributed by atoms with Gasteiger partial charge in [-0.15, -0.1) is 6.58 Å². The molecule has 0 nitrogen and oxygen atoms in total. The van der Waals surface area contributed by atoms with E-state index >= 15 is 0 Å². The van der Waals surface area contributed by atoms with Crippen molar-refractivity contribution < 1.29 is 0 Å². The molecule has 0 saturated heterocycles. The first-order valence-electron chi connectivity index (χ1n) is 4.45. The van der Waals surface area contributed by atoms with Gasteiger partial charge < -0.3 is 0 Å². The second kappa shape index (κ2) is 2.11. The van der Waals surface area contributed by atoms with Gasteiger partial charge in [-0.1, -0.05) is 13.0 Å². The predicted octanol–water partition coefficient (Wildman–Crippen LogP) is 2.85. The highest BCUT2D eigenvalue weighted by Crippen LogP contribution is 2.52. The smallest absolute Gasteiger partial charge is 0.0179 e. The van der Waals surface area contributed by atoms with Gasteiger partial charge in [-0.3, -0.25) is 0 Å². The highest BCUT2D eigenvalue weighted by atomic mass is 14.5. The zero-order chi connectivity index (χ0) is 7.14. The third-order valence-corrected chi connectivity index (χ3v) is 3.68. The molecule has 0 amide bonds. The number of fused-ring (bicyclic) bond motifs is 2. The van der Waals surface area contributed by atoms with E-state index < -0.39 is 0 Å². The second-order valence-electron chi connectivity index (χ2n) is 4.01. The van der Waals surface area contributed by atoms with Gasteiger partial charge in [0.15, 0.2) is 0 Å². The summed E-state index contributed by atoms with van der Waals surface area (Å²) in [5.74, 6) is 3.86. The summed E-state index contributed by atoms with van der Waals surface area (Å²) in [5.41, 5.74) is 0. The lowest BCUT2D eigenvalue weighted by atomic mass is 9.81. The van der Waals surface area contributed by atoms with E-state index in [1.54, 1.807) is 0 Å². The molecule has 10 heavy (non-hydrogen) atoms. The van der Waals surface area contributed by atoms with E-state index in [4.69, 9.17) is 0 Å². The highest BCUT2D eigenvalue weighted by molar-refractivity contribution is 5.01. The van der Waals surface area contributed by atoms with E-state index in [0.29, 0.717) is 0 Å². The molecule has 4 atom stereocenters. The highest BCUT2D eigenvalue weighted by Gasteiger charge is 2.43. The van der Waals surface area contributed by atoms with Gasteiger partial charge >= 0.3 is 0 Å². The van der Waals surface area contributed by atoms with E-state index in [9.17, 15) is 0 Å². The first kappa shape index (κ1) is 6.45. The number of hydrogen-bond donors (Lipinski definition) is 0. The van der Waals surface area contributed by atoms with Gasteiger partial charge in [0.25, 0.3) is 0 Å². The predicted molar refractivity (Wildman–Crippen MR) is 43.7 cm³/mol. The molecule has 2 fully saturated rings. The van der Waals surface area contributed by atoms with Crippen LogP contribution < -0.4 is 0 Å². The molecule has 0 heterocycles. The summed E-state index contributed by atoms with van der Waals surface area (Å²) in [6, 6.07) is 0. The summed E-state index contributed by atoms with van der Waals surface area (Å²) in [6.45, 7) is 6.31. The summed E-state index contributed by atoms with van der Waals surface area (Å²) >= 11 is 0. The van der Waals surface area contributed by atoms with E-state index in [1.807, 2.05) is 0 Å². The Morgan fingerprint density at radius 2 is 2.00 bits per heavy atom. The van der Waals surface area contributed by atoms with Crippen LogP contribution in [0.5, 0.6) is 0 Å². The maximum Gasteiger partial charge on any atom is -0.0179 e. The minimum atomic E-state index is 0.860. The van der Waals surface area contributed by atoms with Crippen molar-refractivity contribution in [2.75, 3.05) is 0 Å². The lowest BCUT2D eigenvalue weighted by Gasteiger charge is -2.24. The van der Waals surface area contributed by atoms with Crippen molar-refractivity contribution in [2.45, 2.75) is 26.2 Å². The third kappa shape index (κ3) is 0.680. The first-order valence-corrected chi connectivity index (χ1v) is 4.45. The van der Waals surface area contributed by atoms with Crippen molar-refractivity contribution >= 4 is 0 Å². The van der Waals surface area contributed by atoms with Gasteiger partial charge in [0.2, 0.25) is 0 Å². The zero-order valence-corrected chi connectivity index (χ0v) is 6.72. The average Bonchev–Trinajstić information content (AvgIpc) is 2.46. The SMILES string of the molecule is C=C[C@H]1C2CCC(C2)[C@H]1C. The molecular formula is C10H16. The summed E-state index contributed by atoms with van der Waals surface area (Å²) in [5, 5.41) is 0. The Balaban J connectivity index is 2.16. The van der Waals surface area contributed by atoms with Crippen molar-refractivity contribution in [2.24, 2.45) is 23.7 Å². The van der Waals surface area contributed by atoms with Crippen LogP contribution in [-0.2, 0) is 0 Å². The zero-order valence-electron chi connectivity index (χ0n) is 6.72. The Morgan fingerprint density at radius 1 is 1.30 bits per heavy atom. The fourth-order valence-corrected chi connectivity index (χ4v) is 3.03. The Morgan fingerprint density at radius 3 is 2.40 bits per heavy atom. The number of allylic oxidation sites excluding steroid dienone is 1. The summed E-state index contributed by atoms with van der Waals surface area (Å²) < 4.78 is 0. The molecule has 0 aromatic carbocycles. The van der Waals surface area contributed by atoms with E-state index in [-0.39, 0.29) is 0 Å². The van der Waals surface area contributed by atoms with E-state index in [0.717, 1.165) is 23.7 Å². The quantitative estimate of drug-likeness (QED) is 0.486. The molecule has 2 unspecified atom stereocenters. The van der Waals surface area contributed by atoms with Crippen LogP contribution in [0.15, 0.2) is 12.7 Å². The number of hydrogen-bond acceptors (Lipinski definition) is 0. The normalized spacial score (nSPS) is 51.7. The standard InChI is InChI=1S/C10H16/c1-3-10-7(2)8-4-5-9(10)6-8/h3,7-10H,1,4-6H2,2H3/t7-,8?,9?,10-/m1/s1. The molecule has 2 aliphatic carbocycles. The number of rotatable bonds is 1. The topological polar surface area (TPSA) is 0 Å². The minimum absolute atomic E-state index is 0.860. The molecule has 0 spiro atoms. The van der Waals surface area contributed by atoms with Gasteiger partial charge in [-0.05, 0) is 42.9 Å². The van der Waals surface area contributed by atoms with Crippen LogP contribution in [-0.4, -0.2) is 0 Å². The monoisotopic (exact) mass is 136 g/mol. The van der Waals surface area contributed by atoms with Crippen molar-refractivity contribution in [1.82, 2.24) is 0 Å². The lowest BCUT2D eigenvalue weighted by molar-refractivity contribution is 0.288. The average molecular weight is 136 g/mol. The molecule has 2 aliphatic rings. The molecule has 0 aromatic rings. The van der Waals surface area contributed by atoms with Crippen molar-refractivity contribution in [3.05, 3.63) is 12.7 Å². The largest absolute Gasteiger partial charge is 0.103 e. The molecule has 2 bridgehead atoms. The third-order valence-electron chi connectivity index (χ3n) is 3.68. The molecule has 0 aliphatic heterocycles. The lowest BCUT2D eigenvalue weighted by Crippen LogP contribution is -2.17. The molecular weight excluding hydrogens is 120 g/mol. The molecule has 2 saturated carbocycles. The summed E-state index contributed by atoms with van der Waals surface area (Å²) in [7, 11) is 0.